The van der Waals surface area contributed by atoms with E-state index in [0.717, 1.165) is 64.8 Å². The second-order valence-electron chi connectivity index (χ2n) is 15.4. The summed E-state index contributed by atoms with van der Waals surface area (Å²) in [4.78, 5) is 28.8. The van der Waals surface area contributed by atoms with Crippen LogP contribution in [0.15, 0.2) is 43.4 Å². The first-order valence-electron chi connectivity index (χ1n) is 18.6. The van der Waals surface area contributed by atoms with Gasteiger partial charge in [0.2, 0.25) is 0 Å². The van der Waals surface area contributed by atoms with Crippen LogP contribution >= 0.6 is 0 Å². The summed E-state index contributed by atoms with van der Waals surface area (Å²) in [7, 11) is -3.45. The monoisotopic (exact) mass is 726 g/mol. The van der Waals surface area contributed by atoms with Gasteiger partial charge in [-0.2, -0.15) is 17.0 Å². The van der Waals surface area contributed by atoms with Gasteiger partial charge < -0.3 is 24.8 Å². The van der Waals surface area contributed by atoms with Crippen LogP contribution in [0.5, 0.6) is 11.5 Å². The Balaban J connectivity index is 1.00. The maximum absolute atomic E-state index is 14.4. The van der Waals surface area contributed by atoms with Gasteiger partial charge in [0.1, 0.15) is 17.9 Å². The summed E-state index contributed by atoms with van der Waals surface area (Å²) in [5.74, 6) is 1.09. The van der Waals surface area contributed by atoms with Crippen molar-refractivity contribution in [2.24, 2.45) is 11.3 Å². The van der Waals surface area contributed by atoms with E-state index in [1.165, 1.54) is 24.5 Å². The standard InChI is InChI=1S/C37H55FN8O4S/c1-6-7-31-23-45(19-14-40-31)51(48,49)44-15-10-29(11-16-44)22-42-17-12-37(13-18-42)24-43(25-37)35-34(21-39-26-41-35)50-33-9-8-30(38)20-32(33)36(47)46(27(2)3)28(4)5/h6,8-9,20-21,26-29,31,40H,1,7,10-19,22-25H2,2-5H3/t31-/m0/s1. The Hall–Kier alpha value is -3.17. The molecule has 1 amide bonds. The number of amides is 1. The molecular formula is C37H55FN8O4S. The number of halogens is 1. The number of likely N-dealkylation sites (tertiary alicyclic amines) is 1. The summed E-state index contributed by atoms with van der Waals surface area (Å²) in [6.45, 7) is 19.2. The van der Waals surface area contributed by atoms with Crippen LogP contribution < -0.4 is 15.0 Å². The maximum atomic E-state index is 14.4. The quantitative estimate of drug-likeness (QED) is 0.319. The van der Waals surface area contributed by atoms with Gasteiger partial charge in [0.05, 0.1) is 11.8 Å². The molecule has 1 atom stereocenters. The summed E-state index contributed by atoms with van der Waals surface area (Å²) in [6, 6.07) is 4.04. The van der Waals surface area contributed by atoms with Crippen LogP contribution in [-0.2, 0) is 10.2 Å². The highest BCUT2D eigenvalue weighted by molar-refractivity contribution is 7.86. The van der Waals surface area contributed by atoms with Gasteiger partial charge in [0, 0.05) is 75.9 Å². The number of hydrogen-bond donors (Lipinski definition) is 1. The van der Waals surface area contributed by atoms with Gasteiger partial charge in [-0.05, 0) is 97.0 Å². The molecule has 51 heavy (non-hydrogen) atoms. The zero-order valence-electron chi connectivity index (χ0n) is 30.6. The van der Waals surface area contributed by atoms with Crippen molar-refractivity contribution < 1.29 is 22.3 Å². The lowest BCUT2D eigenvalue weighted by Gasteiger charge is -2.54. The lowest BCUT2D eigenvalue weighted by atomic mass is 9.72. The number of aromatic nitrogens is 2. The highest BCUT2D eigenvalue weighted by Gasteiger charge is 2.46. The van der Waals surface area contributed by atoms with Crippen molar-refractivity contribution in [3.63, 3.8) is 0 Å². The molecule has 1 N–H and O–H groups in total. The topological polar surface area (TPSA) is 114 Å². The zero-order valence-corrected chi connectivity index (χ0v) is 31.5. The first-order chi connectivity index (χ1) is 24.4. The second-order valence-corrected chi connectivity index (χ2v) is 17.3. The fourth-order valence-electron chi connectivity index (χ4n) is 8.36. The third kappa shape index (κ3) is 8.40. The zero-order chi connectivity index (χ0) is 36.3. The molecule has 1 aromatic carbocycles. The van der Waals surface area contributed by atoms with E-state index in [1.807, 2.05) is 33.8 Å². The predicted octanol–water partition coefficient (Wildman–Crippen LogP) is 4.38. The number of anilines is 1. The Morgan fingerprint density at radius 1 is 1.08 bits per heavy atom. The first-order valence-corrected chi connectivity index (χ1v) is 20.0. The number of piperidine rings is 2. The minimum Gasteiger partial charge on any atom is -0.451 e. The van der Waals surface area contributed by atoms with Crippen molar-refractivity contribution in [1.82, 2.24) is 33.7 Å². The smallest absolute Gasteiger partial charge is 0.282 e. The van der Waals surface area contributed by atoms with Crippen molar-refractivity contribution in [3.8, 4) is 11.5 Å². The summed E-state index contributed by atoms with van der Waals surface area (Å²) in [5.41, 5.74) is 0.374. The van der Waals surface area contributed by atoms with Gasteiger partial charge in [-0.15, -0.1) is 6.58 Å². The largest absolute Gasteiger partial charge is 0.451 e. The normalized spacial score (nSPS) is 22.3. The number of nitrogens with one attached hydrogen (secondary N) is 1. The number of rotatable bonds is 12. The van der Waals surface area contributed by atoms with Crippen molar-refractivity contribution in [2.75, 3.05) is 70.3 Å². The van der Waals surface area contributed by atoms with E-state index in [2.05, 4.69) is 31.7 Å². The molecule has 5 heterocycles. The molecule has 4 aliphatic heterocycles. The van der Waals surface area contributed by atoms with Crippen LogP contribution in [0.3, 0.4) is 0 Å². The van der Waals surface area contributed by atoms with Crippen LogP contribution in [0, 0.1) is 17.2 Å². The van der Waals surface area contributed by atoms with Crippen molar-refractivity contribution in [2.45, 2.75) is 77.9 Å². The molecule has 1 aromatic heterocycles. The third-order valence-electron chi connectivity index (χ3n) is 11.1. The average Bonchev–Trinajstić information content (AvgIpc) is 3.09. The van der Waals surface area contributed by atoms with E-state index in [9.17, 15) is 17.6 Å². The third-order valence-corrected chi connectivity index (χ3v) is 13.1. The minimum absolute atomic E-state index is 0.0663. The van der Waals surface area contributed by atoms with Crippen molar-refractivity contribution >= 4 is 21.9 Å². The summed E-state index contributed by atoms with van der Waals surface area (Å²) in [6.07, 6.45) is 9.67. The molecule has 2 aromatic rings. The second kappa shape index (κ2) is 15.8. The minimum atomic E-state index is -3.45. The van der Waals surface area contributed by atoms with Gasteiger partial charge in [0.15, 0.2) is 11.6 Å². The lowest BCUT2D eigenvalue weighted by Crippen LogP contribution is -2.61. The molecule has 4 fully saturated rings. The molecule has 0 saturated carbocycles. The number of piperazine rings is 1. The number of benzene rings is 1. The van der Waals surface area contributed by atoms with E-state index in [-0.39, 0.29) is 40.8 Å². The molecule has 12 nitrogen and oxygen atoms in total. The summed E-state index contributed by atoms with van der Waals surface area (Å²) >= 11 is 0. The Morgan fingerprint density at radius 3 is 2.45 bits per heavy atom. The Bertz CT molecular complexity index is 1630. The number of carbonyl (C=O) groups is 1. The lowest BCUT2D eigenvalue weighted by molar-refractivity contribution is 0.0607. The Kier molecular flexibility index (Phi) is 11.7. The van der Waals surface area contributed by atoms with Gasteiger partial charge in [0.25, 0.3) is 16.1 Å². The van der Waals surface area contributed by atoms with Gasteiger partial charge in [-0.3, -0.25) is 4.79 Å². The van der Waals surface area contributed by atoms with Crippen molar-refractivity contribution in [1.29, 1.82) is 0 Å². The SMILES string of the molecule is C=CC[C@H]1CN(S(=O)(=O)N2CCC(CN3CCC4(CC3)CN(c3ncncc3Oc3ccc(F)cc3C(=O)N(C(C)C)C(C)C)C4)CC2)CCN1. The molecule has 6 rings (SSSR count). The van der Waals surface area contributed by atoms with Crippen LogP contribution in [-0.4, -0.2) is 126 Å². The van der Waals surface area contributed by atoms with Gasteiger partial charge >= 0.3 is 0 Å². The van der Waals surface area contributed by atoms with E-state index < -0.39 is 16.0 Å². The summed E-state index contributed by atoms with van der Waals surface area (Å²) in [5, 5.41) is 3.39. The Morgan fingerprint density at radius 2 is 1.78 bits per heavy atom. The van der Waals surface area contributed by atoms with Gasteiger partial charge in [-0.1, -0.05) is 6.08 Å². The molecule has 14 heteroatoms. The molecule has 0 unspecified atom stereocenters. The van der Waals surface area contributed by atoms with Gasteiger partial charge in [-0.25, -0.2) is 14.4 Å². The number of nitrogens with zero attached hydrogens (tertiary/aromatic N) is 7. The predicted molar refractivity (Wildman–Crippen MR) is 197 cm³/mol. The van der Waals surface area contributed by atoms with Crippen LogP contribution in [0.25, 0.3) is 0 Å². The number of ether oxygens (including phenoxy) is 1. The highest BCUT2D eigenvalue weighted by atomic mass is 32.2. The molecular weight excluding hydrogens is 672 g/mol. The molecule has 1 spiro atoms. The van der Waals surface area contributed by atoms with E-state index in [1.54, 1.807) is 19.7 Å². The highest BCUT2D eigenvalue weighted by Crippen LogP contribution is 2.45. The Labute approximate surface area is 303 Å². The first kappa shape index (κ1) is 37.6. The van der Waals surface area contributed by atoms with Crippen LogP contribution in [0.2, 0.25) is 0 Å². The van der Waals surface area contributed by atoms with Crippen molar-refractivity contribution in [3.05, 3.63) is 54.8 Å². The molecule has 0 aliphatic carbocycles. The maximum Gasteiger partial charge on any atom is 0.282 e. The van der Waals surface area contributed by atoms with Crippen LogP contribution in [0.1, 0.15) is 70.2 Å². The molecule has 0 bridgehead atoms. The average molecular weight is 727 g/mol. The van der Waals surface area contributed by atoms with E-state index in [4.69, 9.17) is 4.74 Å². The van der Waals surface area contributed by atoms with E-state index >= 15 is 0 Å². The number of carbonyl (C=O) groups excluding carboxylic acids is 1. The van der Waals surface area contributed by atoms with E-state index in [0.29, 0.717) is 50.2 Å². The fraction of sp³-hybridized carbons (Fsp3) is 0.649. The molecule has 4 saturated heterocycles. The molecule has 280 valence electrons. The summed E-state index contributed by atoms with van der Waals surface area (Å²) < 4.78 is 50.9. The number of hydrogen-bond acceptors (Lipinski definition) is 9. The fourth-order valence-corrected chi connectivity index (χ4v) is 10.0. The molecule has 0 radical (unpaired) electrons. The molecule has 4 aliphatic rings. The van der Waals surface area contributed by atoms with Crippen LogP contribution in [0.4, 0.5) is 10.2 Å².